The van der Waals surface area contributed by atoms with Gasteiger partial charge in [0, 0.05) is 42.9 Å². The summed E-state index contributed by atoms with van der Waals surface area (Å²) in [6, 6.07) is 13.9. The van der Waals surface area contributed by atoms with Gasteiger partial charge in [-0.15, -0.1) is 11.8 Å². The Morgan fingerprint density at radius 2 is 1.55 bits per heavy atom. The van der Waals surface area contributed by atoms with Gasteiger partial charge in [-0.3, -0.25) is 14.4 Å². The molecule has 1 unspecified atom stereocenters. The molecule has 10 heteroatoms. The van der Waals surface area contributed by atoms with E-state index in [-0.39, 0.29) is 36.1 Å². The molecule has 4 aliphatic rings. The number of hydrogen-bond acceptors (Lipinski definition) is 7. The van der Waals surface area contributed by atoms with E-state index in [1.54, 1.807) is 45.7 Å². The third kappa shape index (κ3) is 4.57. The monoisotopic (exact) mass is 589 g/mol. The second kappa shape index (κ2) is 11.5. The Labute approximate surface area is 249 Å². The standard InChI is InChI=1S/C32H35N3O6S/c1-3-41-24-14-10-21(11-15-24)33-17-4-7-25-26(29(33)37)27-30(38)35(19-6-20-36)28-31(39)34(18-5-16-32(27,28)42-25)22-8-12-23(40-2)13-9-22/h4-5,7-16,25-28,36H,3,6,17-20H2,1-2H3/t25-,26+,27+,28?,32+/m1/s1. The Morgan fingerprint density at radius 3 is 2.19 bits per heavy atom. The summed E-state index contributed by atoms with van der Waals surface area (Å²) in [4.78, 5) is 48.1. The van der Waals surface area contributed by atoms with Crippen molar-refractivity contribution in [3.8, 4) is 11.5 Å². The van der Waals surface area contributed by atoms with Gasteiger partial charge in [0.25, 0.3) is 5.91 Å². The number of thioether (sulfide) groups is 1. The van der Waals surface area contributed by atoms with Crippen molar-refractivity contribution in [1.29, 1.82) is 0 Å². The van der Waals surface area contributed by atoms with Crippen molar-refractivity contribution in [2.75, 3.05) is 49.8 Å². The molecule has 0 aliphatic carbocycles. The van der Waals surface area contributed by atoms with E-state index in [2.05, 4.69) is 0 Å². The minimum atomic E-state index is -0.915. The zero-order valence-corrected chi connectivity index (χ0v) is 24.5. The molecule has 42 heavy (non-hydrogen) atoms. The summed E-state index contributed by atoms with van der Waals surface area (Å²) in [5, 5.41) is 9.39. The molecule has 6 rings (SSSR count). The molecule has 0 aromatic heterocycles. The first-order valence-corrected chi connectivity index (χ1v) is 15.2. The SMILES string of the molecule is CCOc1ccc(N2CC=C[C@H]3S[C@]45C=CCN(c6ccc(OC)cc6)C(=O)C4N(CCCO)C(=O)[C@@H]5[C@H]3C2=O)cc1. The lowest BCUT2D eigenvalue weighted by molar-refractivity contribution is -0.138. The summed E-state index contributed by atoms with van der Waals surface area (Å²) < 4.78 is 9.96. The van der Waals surface area contributed by atoms with E-state index in [9.17, 15) is 19.5 Å². The first-order valence-electron chi connectivity index (χ1n) is 14.4. The van der Waals surface area contributed by atoms with Crippen molar-refractivity contribution in [3.63, 3.8) is 0 Å². The number of benzene rings is 2. The van der Waals surface area contributed by atoms with Crippen molar-refractivity contribution in [2.45, 2.75) is 29.4 Å². The quantitative estimate of drug-likeness (QED) is 0.472. The van der Waals surface area contributed by atoms with E-state index >= 15 is 0 Å². The minimum Gasteiger partial charge on any atom is -0.497 e. The highest BCUT2D eigenvalue weighted by Crippen LogP contribution is 2.61. The second-order valence-corrected chi connectivity index (χ2v) is 12.3. The molecule has 9 nitrogen and oxygen atoms in total. The summed E-state index contributed by atoms with van der Waals surface area (Å²) in [6.07, 6.45) is 8.31. The number of aliphatic hydroxyl groups is 1. The van der Waals surface area contributed by atoms with Gasteiger partial charge in [0.1, 0.15) is 17.5 Å². The maximum absolute atomic E-state index is 14.4. The van der Waals surface area contributed by atoms with E-state index in [0.717, 1.165) is 11.4 Å². The van der Waals surface area contributed by atoms with Crippen molar-refractivity contribution >= 4 is 40.9 Å². The molecule has 0 saturated carbocycles. The zero-order valence-electron chi connectivity index (χ0n) is 23.7. The maximum Gasteiger partial charge on any atom is 0.251 e. The summed E-state index contributed by atoms with van der Waals surface area (Å²) in [5.74, 6) is -0.475. The minimum absolute atomic E-state index is 0.104. The van der Waals surface area contributed by atoms with E-state index in [1.165, 1.54) is 0 Å². The molecule has 3 amide bonds. The number of nitrogens with zero attached hydrogens (tertiary/aromatic N) is 3. The van der Waals surface area contributed by atoms with E-state index in [4.69, 9.17) is 9.47 Å². The molecule has 1 N–H and O–H groups in total. The average molecular weight is 590 g/mol. The first-order chi connectivity index (χ1) is 20.4. The average Bonchev–Trinajstić information content (AvgIpc) is 3.31. The van der Waals surface area contributed by atoms with Crippen LogP contribution in [0.3, 0.4) is 0 Å². The van der Waals surface area contributed by atoms with Gasteiger partial charge in [0.15, 0.2) is 0 Å². The molecule has 220 valence electrons. The number of anilines is 2. The summed E-state index contributed by atoms with van der Waals surface area (Å²) in [6.45, 7) is 3.34. The first kappa shape index (κ1) is 28.4. The highest BCUT2D eigenvalue weighted by atomic mass is 32.2. The summed E-state index contributed by atoms with van der Waals surface area (Å²) in [5.41, 5.74) is 1.44. The Kier molecular flexibility index (Phi) is 7.76. The van der Waals surface area contributed by atoms with Crippen molar-refractivity contribution < 1.29 is 29.0 Å². The van der Waals surface area contributed by atoms with Crippen LogP contribution in [-0.4, -0.2) is 83.7 Å². The number of ether oxygens (including phenoxy) is 2. The van der Waals surface area contributed by atoms with Crippen LogP contribution >= 0.6 is 11.8 Å². The second-order valence-electron chi connectivity index (χ2n) is 10.8. The van der Waals surface area contributed by atoms with E-state index < -0.39 is 22.6 Å². The van der Waals surface area contributed by atoms with Gasteiger partial charge >= 0.3 is 0 Å². The highest BCUT2D eigenvalue weighted by Gasteiger charge is 2.71. The number of likely N-dealkylation sites (tertiary alicyclic amines) is 1. The largest absolute Gasteiger partial charge is 0.497 e. The van der Waals surface area contributed by atoms with E-state index in [0.29, 0.717) is 37.6 Å². The number of aliphatic hydroxyl groups excluding tert-OH is 1. The number of methoxy groups -OCH3 is 1. The molecule has 0 bridgehead atoms. The number of carbonyl (C=O) groups is 3. The van der Waals surface area contributed by atoms with Gasteiger partial charge in [-0.1, -0.05) is 24.3 Å². The molecule has 2 aromatic rings. The van der Waals surface area contributed by atoms with Crippen LogP contribution in [0, 0.1) is 11.8 Å². The molecular weight excluding hydrogens is 554 g/mol. The Hall–Kier alpha value is -3.76. The lowest BCUT2D eigenvalue weighted by atomic mass is 9.78. The highest BCUT2D eigenvalue weighted by molar-refractivity contribution is 8.02. The maximum atomic E-state index is 14.4. The number of fused-ring (bicyclic) bond motifs is 2. The molecular formula is C32H35N3O6S. The number of carbonyl (C=O) groups excluding carboxylic acids is 3. The smallest absolute Gasteiger partial charge is 0.251 e. The van der Waals surface area contributed by atoms with Crippen LogP contribution in [0.2, 0.25) is 0 Å². The molecule has 0 radical (unpaired) electrons. The molecule has 4 heterocycles. The van der Waals surface area contributed by atoms with Crippen LogP contribution < -0.4 is 19.3 Å². The van der Waals surface area contributed by atoms with Gasteiger partial charge in [-0.2, -0.15) is 0 Å². The van der Waals surface area contributed by atoms with Crippen LogP contribution in [-0.2, 0) is 14.4 Å². The van der Waals surface area contributed by atoms with Gasteiger partial charge in [-0.05, 0) is 61.9 Å². The van der Waals surface area contributed by atoms with Gasteiger partial charge in [-0.25, -0.2) is 0 Å². The van der Waals surface area contributed by atoms with Crippen LogP contribution in [0.4, 0.5) is 11.4 Å². The van der Waals surface area contributed by atoms with Crippen molar-refractivity contribution in [1.82, 2.24) is 4.90 Å². The fourth-order valence-corrected chi connectivity index (χ4v) is 8.74. The topological polar surface area (TPSA) is 99.6 Å². The summed E-state index contributed by atoms with van der Waals surface area (Å²) in [7, 11) is 1.59. The Balaban J connectivity index is 1.38. The van der Waals surface area contributed by atoms with Crippen LogP contribution in [0.1, 0.15) is 13.3 Å². The Bertz CT molecular complexity index is 1410. The zero-order chi connectivity index (χ0) is 29.4. The number of rotatable bonds is 8. The van der Waals surface area contributed by atoms with E-state index in [1.807, 2.05) is 67.6 Å². The van der Waals surface area contributed by atoms with Gasteiger partial charge in [0.05, 0.1) is 30.3 Å². The number of amides is 3. The third-order valence-electron chi connectivity index (χ3n) is 8.56. The molecule has 1 spiro atoms. The molecule has 4 aliphatic heterocycles. The normalized spacial score (nSPS) is 28.4. The molecule has 2 fully saturated rings. The lowest BCUT2D eigenvalue weighted by Gasteiger charge is -2.35. The lowest BCUT2D eigenvalue weighted by Crippen LogP contribution is -2.53. The van der Waals surface area contributed by atoms with Crippen molar-refractivity contribution in [2.24, 2.45) is 11.8 Å². The van der Waals surface area contributed by atoms with Crippen LogP contribution in [0.25, 0.3) is 0 Å². The third-order valence-corrected chi connectivity index (χ3v) is 10.3. The molecule has 2 saturated heterocycles. The van der Waals surface area contributed by atoms with Gasteiger partial charge in [0.2, 0.25) is 11.8 Å². The molecule has 2 aromatic carbocycles. The van der Waals surface area contributed by atoms with Crippen molar-refractivity contribution in [3.05, 3.63) is 72.8 Å². The predicted octanol–water partition coefficient (Wildman–Crippen LogP) is 3.28. The fourth-order valence-electron chi connectivity index (χ4n) is 6.73. The summed E-state index contributed by atoms with van der Waals surface area (Å²) >= 11 is 1.55. The van der Waals surface area contributed by atoms with Gasteiger partial charge < -0.3 is 29.3 Å². The fraction of sp³-hybridized carbons (Fsp3) is 0.406. The number of hydrogen-bond donors (Lipinski definition) is 1. The predicted molar refractivity (Wildman–Crippen MR) is 162 cm³/mol. The molecule has 5 atom stereocenters. The van der Waals surface area contributed by atoms with Crippen LogP contribution in [0.15, 0.2) is 72.8 Å². The van der Waals surface area contributed by atoms with Crippen LogP contribution in [0.5, 0.6) is 11.5 Å². The Morgan fingerprint density at radius 1 is 0.905 bits per heavy atom.